The van der Waals surface area contributed by atoms with Crippen LogP contribution in [0, 0.1) is 25.5 Å². The van der Waals surface area contributed by atoms with E-state index in [2.05, 4.69) is 24.3 Å². The second kappa shape index (κ2) is 12.9. The van der Waals surface area contributed by atoms with Crippen molar-refractivity contribution in [2.24, 2.45) is 0 Å². The third-order valence-corrected chi connectivity index (χ3v) is 9.72. The predicted octanol–water partition coefficient (Wildman–Crippen LogP) is 11.2. The molecular weight excluding hydrogens is 750 g/mol. The molecule has 5 aromatic rings. The van der Waals surface area contributed by atoms with Gasteiger partial charge in [-0.3, -0.25) is 4.79 Å². The molecule has 0 radical (unpaired) electrons. The van der Waals surface area contributed by atoms with Crippen molar-refractivity contribution in [3.63, 3.8) is 0 Å². The first-order valence-corrected chi connectivity index (χ1v) is 21.0. The van der Waals surface area contributed by atoms with Gasteiger partial charge in [0.25, 0.3) is 0 Å². The first-order chi connectivity index (χ1) is 20.8. The average molecular weight is 775 g/mol. The summed E-state index contributed by atoms with van der Waals surface area (Å²) in [5.41, 5.74) is 3.47. The van der Waals surface area contributed by atoms with E-state index in [0.717, 1.165) is 35.6 Å². The maximum absolute atomic E-state index is 13.6. The molecule has 0 heterocycles. The molecule has 0 bridgehead atoms. The Kier molecular flexibility index (Phi) is 9.88. The molecule has 0 atom stereocenters. The van der Waals surface area contributed by atoms with Crippen LogP contribution in [0.2, 0.25) is 0 Å². The van der Waals surface area contributed by atoms with Crippen LogP contribution in [0.1, 0.15) is 27.0 Å². The van der Waals surface area contributed by atoms with E-state index in [1.165, 1.54) is 24.3 Å². The van der Waals surface area contributed by atoms with Crippen LogP contribution in [0.25, 0.3) is 0 Å². The number of aryl methyl sites for hydroxylation is 2. The minimum absolute atomic E-state index is 0.0197. The van der Waals surface area contributed by atoms with E-state index in [9.17, 15) is 30.5 Å². The molecule has 0 aliphatic rings. The van der Waals surface area contributed by atoms with Gasteiger partial charge in [0, 0.05) is 20.9 Å². The van der Waals surface area contributed by atoms with Gasteiger partial charge < -0.3 is 0 Å². The van der Waals surface area contributed by atoms with Crippen molar-refractivity contribution in [2.45, 2.75) is 38.3 Å². The van der Waals surface area contributed by atoms with Crippen LogP contribution in [0.4, 0.5) is 25.7 Å². The monoisotopic (exact) mass is 774 g/mol. The molecule has 5 aromatic carbocycles. The van der Waals surface area contributed by atoms with E-state index >= 15 is 0 Å². The third kappa shape index (κ3) is 10.9. The predicted molar refractivity (Wildman–Crippen MR) is 164 cm³/mol. The zero-order valence-corrected chi connectivity index (χ0v) is 27.9. The summed E-state index contributed by atoms with van der Waals surface area (Å²) in [6.07, 6.45) is 0. The van der Waals surface area contributed by atoms with E-state index in [-0.39, 0.29) is 17.4 Å². The summed E-state index contributed by atoms with van der Waals surface area (Å²) in [5.74, 6) is -0.554. The van der Waals surface area contributed by atoms with E-state index in [1.807, 2.05) is 56.3 Å². The van der Waals surface area contributed by atoms with E-state index in [4.69, 9.17) is 0 Å². The number of carbonyl (C=O) groups excluding carboxylic acids is 1. The van der Waals surface area contributed by atoms with Crippen molar-refractivity contribution in [1.82, 2.24) is 0 Å². The number of hydrogen-bond acceptors (Lipinski definition) is 2. The van der Waals surface area contributed by atoms with Gasteiger partial charge in [0.2, 0.25) is 0 Å². The fraction of sp³-hybridized carbons (Fsp3) is 0.0606. The topological polar surface area (TPSA) is 17.1 Å². The third-order valence-electron chi connectivity index (χ3n) is 6.14. The van der Waals surface area contributed by atoms with Crippen LogP contribution >= 0.6 is 11.8 Å². The number of halogens is 8. The van der Waals surface area contributed by atoms with Crippen molar-refractivity contribution in [1.29, 1.82) is 0 Å². The Hall–Kier alpha value is -3.27. The number of rotatable bonds is 7. The molecule has 0 saturated heterocycles. The van der Waals surface area contributed by atoms with Gasteiger partial charge in [0.05, 0.1) is 10.9 Å². The number of benzene rings is 5. The second-order valence-corrected chi connectivity index (χ2v) is 18.5. The molecule has 0 aromatic heterocycles. The van der Waals surface area contributed by atoms with Gasteiger partial charge in [0.15, 0.2) is 20.5 Å². The molecule has 0 aliphatic heterocycles. The second-order valence-electron chi connectivity index (χ2n) is 9.88. The Morgan fingerprint density at radius 1 is 0.578 bits per heavy atom. The first-order valence-electron chi connectivity index (χ1n) is 13.1. The van der Waals surface area contributed by atoms with Crippen LogP contribution < -0.4 is 0 Å². The Morgan fingerprint density at radius 2 is 0.956 bits per heavy atom. The average Bonchev–Trinajstić information content (AvgIpc) is 2.96. The summed E-state index contributed by atoms with van der Waals surface area (Å²) in [4.78, 5) is 18.1. The normalized spacial score (nSPS) is 13.0. The van der Waals surface area contributed by atoms with Gasteiger partial charge in [-0.25, -0.2) is 8.78 Å². The van der Waals surface area contributed by atoms with E-state index < -0.39 is 30.4 Å². The number of carbonyl (C=O) groups is 1. The molecule has 12 heteroatoms. The van der Waals surface area contributed by atoms with Crippen LogP contribution in [-0.4, -0.2) is 25.3 Å². The molecule has 0 aliphatic carbocycles. The fourth-order valence-electron chi connectivity index (χ4n) is 4.31. The Balaban J connectivity index is 0.000000591. The number of hydrogen-bond donors (Lipinski definition) is 0. The van der Waals surface area contributed by atoms with Crippen LogP contribution in [-0.2, 0) is 10.9 Å². The molecule has 45 heavy (non-hydrogen) atoms. The van der Waals surface area contributed by atoms with Crippen molar-refractivity contribution in [3.05, 3.63) is 149 Å². The molecular formula is C33H25F8OS2Sb. The zero-order chi connectivity index (χ0) is 33.1. The van der Waals surface area contributed by atoms with Crippen molar-refractivity contribution >= 4 is 47.9 Å². The molecule has 5 rings (SSSR count). The van der Waals surface area contributed by atoms with Crippen LogP contribution in [0.5, 0.6) is 0 Å². The minimum atomic E-state index is -11.2. The Morgan fingerprint density at radius 3 is 1.36 bits per heavy atom. The van der Waals surface area contributed by atoms with Gasteiger partial charge in [-0.2, -0.15) is 0 Å². The summed E-state index contributed by atoms with van der Waals surface area (Å²) in [6, 6.07) is 34.5. The van der Waals surface area contributed by atoms with Crippen molar-refractivity contribution in [2.75, 3.05) is 0 Å². The van der Waals surface area contributed by atoms with E-state index in [1.54, 1.807) is 36.0 Å². The van der Waals surface area contributed by atoms with Crippen LogP contribution in [0.3, 0.4) is 0 Å². The summed E-state index contributed by atoms with van der Waals surface area (Å²) >= 11 is -9.58. The number of ketones is 1. The standard InChI is InChI=1S/C33H25F2OS2.6FH.Sb/c1-22-20-25(32(36)24-6-4-3-5-7-24)21-23(2)33(22)37-28-12-18-31(19-13-28)38(29-14-8-26(34)9-15-29)30-16-10-27(35)11-17-30;;;;;;;/h3-21H,1-2H3;6*1H;/q+1;;;;;;;+5/p-6. The van der Waals surface area contributed by atoms with Crippen LogP contribution in [0.15, 0.2) is 140 Å². The SMILES string of the molecule is Cc1cc(C(=O)c2ccccc2)cc(C)c1Sc1ccc([S+](c2ccc(F)cc2)c2ccc(F)cc2)cc1.[F][Sb-]([F])([F])([F])([F])[F]. The summed E-state index contributed by atoms with van der Waals surface area (Å²) in [7, 11) is -0.501. The molecule has 0 fully saturated rings. The molecule has 0 spiro atoms. The Labute approximate surface area is 264 Å². The van der Waals surface area contributed by atoms with Crippen molar-refractivity contribution in [3.8, 4) is 0 Å². The van der Waals surface area contributed by atoms with Gasteiger partial charge in [-0.05, 0) is 110 Å². The molecule has 0 unspecified atom stereocenters. The summed E-state index contributed by atoms with van der Waals surface area (Å²) < 4.78 is 86.8. The molecule has 0 saturated carbocycles. The molecule has 0 N–H and O–H groups in total. The quantitative estimate of drug-likeness (QED) is 0.0709. The molecule has 0 amide bonds. The van der Waals surface area contributed by atoms with Gasteiger partial charge in [0.1, 0.15) is 11.6 Å². The molecule has 236 valence electrons. The first kappa shape index (κ1) is 34.6. The molecule has 1 nitrogen and oxygen atoms in total. The van der Waals surface area contributed by atoms with Gasteiger partial charge in [-0.1, -0.05) is 42.1 Å². The Bertz CT molecular complexity index is 1720. The van der Waals surface area contributed by atoms with Gasteiger partial charge in [-0.15, -0.1) is 0 Å². The van der Waals surface area contributed by atoms with E-state index in [0.29, 0.717) is 11.1 Å². The van der Waals surface area contributed by atoms with Crippen molar-refractivity contribution < 1.29 is 30.5 Å². The maximum atomic E-state index is 13.6. The summed E-state index contributed by atoms with van der Waals surface area (Å²) in [6.45, 7) is 4.07. The summed E-state index contributed by atoms with van der Waals surface area (Å²) in [5, 5.41) is 0. The van der Waals surface area contributed by atoms with Gasteiger partial charge >= 0.3 is 36.4 Å². The fourth-order valence-corrected chi connectivity index (χ4v) is 7.30. The zero-order valence-electron chi connectivity index (χ0n) is 23.7.